The van der Waals surface area contributed by atoms with E-state index in [0.717, 1.165) is 25.9 Å². The number of hydrogen-bond donors (Lipinski definition) is 0. The summed E-state index contributed by atoms with van der Waals surface area (Å²) in [5, 5.41) is 4.19. The minimum atomic E-state index is -0.491. The van der Waals surface area contributed by atoms with E-state index in [0.29, 0.717) is 10.1 Å². The predicted octanol–water partition coefficient (Wildman–Crippen LogP) is 2.55. The maximum Gasteiger partial charge on any atom is 0.296 e. The molecule has 4 aromatic rings. The summed E-state index contributed by atoms with van der Waals surface area (Å²) in [6, 6.07) is 13.3. The largest absolute Gasteiger partial charge is 0.296 e. The fourth-order valence-electron chi connectivity index (χ4n) is 2.60. The quantitative estimate of drug-likeness (QED) is 0.488. The van der Waals surface area contributed by atoms with Gasteiger partial charge in [-0.15, -0.1) is 0 Å². The van der Waals surface area contributed by atoms with E-state index in [4.69, 9.17) is 0 Å². The second kappa shape index (κ2) is 7.13. The maximum atomic E-state index is 13.0. The molecule has 8 heteroatoms. The highest BCUT2D eigenvalue weighted by atomic mass is 79.9. The van der Waals surface area contributed by atoms with Crippen molar-refractivity contribution in [2.45, 2.75) is 6.42 Å². The molecule has 2 aromatic carbocycles. The number of nitrogens with zero attached hydrogens (tertiary/aromatic N) is 3. The SMILES string of the molecule is O=c1nc2s/c(=C\c3cccc(Br)c3)c(=O)n2nc1Cc1ccc(F)cc1. The van der Waals surface area contributed by atoms with Gasteiger partial charge in [0.15, 0.2) is 0 Å². The summed E-state index contributed by atoms with van der Waals surface area (Å²) in [7, 11) is 0. The Kier molecular flexibility index (Phi) is 4.67. The van der Waals surface area contributed by atoms with E-state index < -0.39 is 5.56 Å². The molecule has 134 valence electrons. The lowest BCUT2D eigenvalue weighted by molar-refractivity contribution is 0.627. The molecule has 0 aliphatic rings. The summed E-state index contributed by atoms with van der Waals surface area (Å²) in [6.45, 7) is 0. The molecule has 0 bridgehead atoms. The fourth-order valence-corrected chi connectivity index (χ4v) is 3.92. The number of hydrogen-bond acceptors (Lipinski definition) is 5. The third-order valence-electron chi connectivity index (χ3n) is 3.88. The number of aromatic nitrogens is 3. The van der Waals surface area contributed by atoms with E-state index >= 15 is 0 Å². The molecule has 5 nitrogen and oxygen atoms in total. The predicted molar refractivity (Wildman–Crippen MR) is 106 cm³/mol. The Balaban J connectivity index is 1.80. The lowest BCUT2D eigenvalue weighted by atomic mass is 10.1. The number of thiazole rings is 1. The average molecular weight is 444 g/mol. The molecule has 0 radical (unpaired) electrons. The van der Waals surface area contributed by atoms with Crippen LogP contribution < -0.4 is 15.7 Å². The van der Waals surface area contributed by atoms with Crippen LogP contribution in [0.2, 0.25) is 0 Å². The molecule has 0 aliphatic heterocycles. The van der Waals surface area contributed by atoms with Crippen LogP contribution >= 0.6 is 27.3 Å². The van der Waals surface area contributed by atoms with Crippen LogP contribution in [-0.2, 0) is 6.42 Å². The van der Waals surface area contributed by atoms with Crippen molar-refractivity contribution in [3.05, 3.63) is 101 Å². The Morgan fingerprint density at radius 2 is 1.93 bits per heavy atom. The van der Waals surface area contributed by atoms with Gasteiger partial charge in [-0.2, -0.15) is 14.6 Å². The van der Waals surface area contributed by atoms with Crippen molar-refractivity contribution in [3.8, 4) is 0 Å². The Morgan fingerprint density at radius 1 is 1.15 bits per heavy atom. The Morgan fingerprint density at radius 3 is 2.67 bits per heavy atom. The van der Waals surface area contributed by atoms with E-state index in [9.17, 15) is 14.0 Å². The molecule has 2 heterocycles. The third kappa shape index (κ3) is 3.72. The number of fused-ring (bicyclic) bond motifs is 1. The van der Waals surface area contributed by atoms with Crippen LogP contribution in [0.25, 0.3) is 11.0 Å². The Labute approximate surface area is 164 Å². The van der Waals surface area contributed by atoms with Gasteiger partial charge in [0, 0.05) is 10.9 Å². The minimum absolute atomic E-state index is 0.142. The fraction of sp³-hybridized carbons (Fsp3) is 0.0526. The van der Waals surface area contributed by atoms with Crippen molar-refractivity contribution in [3.63, 3.8) is 0 Å². The van der Waals surface area contributed by atoms with E-state index in [2.05, 4.69) is 26.0 Å². The molecule has 0 saturated heterocycles. The van der Waals surface area contributed by atoms with Gasteiger partial charge in [-0.1, -0.05) is 51.5 Å². The number of benzene rings is 2. The summed E-state index contributed by atoms with van der Waals surface area (Å²) in [6.07, 6.45) is 1.91. The molecule has 0 saturated carbocycles. The molecule has 0 unspecified atom stereocenters. The average Bonchev–Trinajstić information content (AvgIpc) is 2.92. The minimum Gasteiger partial charge on any atom is -0.266 e. The highest BCUT2D eigenvalue weighted by Gasteiger charge is 2.11. The normalized spacial score (nSPS) is 12.0. The zero-order valence-corrected chi connectivity index (χ0v) is 16.1. The van der Waals surface area contributed by atoms with Crippen molar-refractivity contribution in [2.24, 2.45) is 0 Å². The van der Waals surface area contributed by atoms with E-state index in [1.807, 2.05) is 24.3 Å². The molecule has 4 rings (SSSR count). The molecule has 0 aliphatic carbocycles. The monoisotopic (exact) mass is 443 g/mol. The highest BCUT2D eigenvalue weighted by Crippen LogP contribution is 2.12. The van der Waals surface area contributed by atoms with Crippen molar-refractivity contribution in [1.29, 1.82) is 0 Å². The Hall–Kier alpha value is -2.71. The standard InChI is InChI=1S/C19H11BrFN3O2S/c20-13-3-1-2-12(8-13)10-16-18(26)24-19(27-16)22-17(25)15(23-24)9-11-4-6-14(21)7-5-11/h1-8,10H,9H2/b16-10-. The maximum absolute atomic E-state index is 13.0. The van der Waals surface area contributed by atoms with Gasteiger partial charge in [0.1, 0.15) is 11.5 Å². The smallest absolute Gasteiger partial charge is 0.266 e. The van der Waals surface area contributed by atoms with Crippen LogP contribution in [0.1, 0.15) is 16.8 Å². The first-order valence-electron chi connectivity index (χ1n) is 7.94. The Bertz CT molecular complexity index is 1320. The van der Waals surface area contributed by atoms with Gasteiger partial charge in [-0.25, -0.2) is 4.39 Å². The van der Waals surface area contributed by atoms with Crippen molar-refractivity contribution >= 4 is 38.3 Å². The first kappa shape index (κ1) is 17.7. The molecule has 0 amide bonds. The van der Waals surface area contributed by atoms with Crippen LogP contribution in [0.4, 0.5) is 4.39 Å². The summed E-state index contributed by atoms with van der Waals surface area (Å²) < 4.78 is 15.5. The first-order chi connectivity index (χ1) is 13.0. The molecule has 2 aromatic heterocycles. The van der Waals surface area contributed by atoms with Crippen LogP contribution in [0, 0.1) is 5.82 Å². The topological polar surface area (TPSA) is 64.3 Å². The zero-order valence-electron chi connectivity index (χ0n) is 13.7. The van der Waals surface area contributed by atoms with E-state index in [-0.39, 0.29) is 28.5 Å². The molecule has 0 N–H and O–H groups in total. The van der Waals surface area contributed by atoms with Crippen molar-refractivity contribution < 1.29 is 4.39 Å². The van der Waals surface area contributed by atoms with Gasteiger partial charge < -0.3 is 0 Å². The van der Waals surface area contributed by atoms with Gasteiger partial charge in [0.25, 0.3) is 11.1 Å². The number of halogens is 2. The lowest BCUT2D eigenvalue weighted by Crippen LogP contribution is -2.28. The van der Waals surface area contributed by atoms with Crippen LogP contribution in [-0.4, -0.2) is 14.6 Å². The number of rotatable bonds is 3. The van der Waals surface area contributed by atoms with Gasteiger partial charge >= 0.3 is 0 Å². The van der Waals surface area contributed by atoms with Gasteiger partial charge in [0.2, 0.25) is 4.96 Å². The molecule has 27 heavy (non-hydrogen) atoms. The summed E-state index contributed by atoms with van der Waals surface area (Å²) in [4.78, 5) is 29.1. The lowest BCUT2D eigenvalue weighted by Gasteiger charge is -2.00. The molecule has 0 fully saturated rings. The van der Waals surface area contributed by atoms with Crippen LogP contribution in [0.15, 0.2) is 62.6 Å². The molecular formula is C19H11BrFN3O2S. The molecule has 0 atom stereocenters. The van der Waals surface area contributed by atoms with Gasteiger partial charge in [-0.3, -0.25) is 9.59 Å². The second-order valence-electron chi connectivity index (χ2n) is 5.83. The van der Waals surface area contributed by atoms with Gasteiger partial charge in [-0.05, 0) is 41.5 Å². The van der Waals surface area contributed by atoms with Gasteiger partial charge in [0.05, 0.1) is 4.53 Å². The van der Waals surface area contributed by atoms with Crippen molar-refractivity contribution in [2.75, 3.05) is 0 Å². The summed E-state index contributed by atoms with van der Waals surface area (Å²) >= 11 is 4.51. The van der Waals surface area contributed by atoms with Crippen LogP contribution in [0.5, 0.6) is 0 Å². The van der Waals surface area contributed by atoms with E-state index in [1.54, 1.807) is 18.2 Å². The highest BCUT2D eigenvalue weighted by molar-refractivity contribution is 9.10. The first-order valence-corrected chi connectivity index (χ1v) is 9.55. The van der Waals surface area contributed by atoms with Crippen molar-refractivity contribution in [1.82, 2.24) is 14.6 Å². The zero-order chi connectivity index (χ0) is 19.0. The second-order valence-corrected chi connectivity index (χ2v) is 7.76. The van der Waals surface area contributed by atoms with E-state index in [1.165, 1.54) is 12.1 Å². The third-order valence-corrected chi connectivity index (χ3v) is 5.33. The summed E-state index contributed by atoms with van der Waals surface area (Å²) in [5.74, 6) is -0.357. The summed E-state index contributed by atoms with van der Waals surface area (Å²) in [5.41, 5.74) is 0.884. The molecular weight excluding hydrogens is 433 g/mol. The molecule has 0 spiro atoms. The van der Waals surface area contributed by atoms with Crippen LogP contribution in [0.3, 0.4) is 0 Å².